The van der Waals surface area contributed by atoms with Crippen LogP contribution in [0.25, 0.3) is 0 Å². The fourth-order valence-corrected chi connectivity index (χ4v) is 2.94. The lowest BCUT2D eigenvalue weighted by Gasteiger charge is -2.34. The van der Waals surface area contributed by atoms with Gasteiger partial charge in [-0.25, -0.2) is 4.79 Å². The summed E-state index contributed by atoms with van der Waals surface area (Å²) in [6.45, 7) is 4.17. The molecule has 0 aromatic heterocycles. The van der Waals surface area contributed by atoms with Crippen LogP contribution in [-0.4, -0.2) is 49.6 Å². The summed E-state index contributed by atoms with van der Waals surface area (Å²) in [4.78, 5) is 26.3. The summed E-state index contributed by atoms with van der Waals surface area (Å²) in [6, 6.07) is 8.29. The number of hydrogen-bond acceptors (Lipinski definition) is 3. The maximum absolute atomic E-state index is 12.5. The van der Waals surface area contributed by atoms with Crippen molar-refractivity contribution in [1.82, 2.24) is 15.5 Å². The first-order chi connectivity index (χ1) is 11.1. The minimum atomic E-state index is -0.535. The van der Waals surface area contributed by atoms with Crippen molar-refractivity contribution in [1.29, 1.82) is 0 Å². The van der Waals surface area contributed by atoms with Crippen LogP contribution in [0.3, 0.4) is 0 Å². The molecule has 126 valence electrons. The smallest absolute Gasteiger partial charge is 0.319 e. The Morgan fingerprint density at radius 3 is 2.74 bits per heavy atom. The first-order valence-electron chi connectivity index (χ1n) is 8.16. The third-order valence-corrected chi connectivity index (χ3v) is 4.07. The van der Waals surface area contributed by atoms with Gasteiger partial charge in [-0.1, -0.05) is 18.2 Å². The molecule has 1 aliphatic rings. The average Bonchev–Trinajstić information content (AvgIpc) is 2.55. The summed E-state index contributed by atoms with van der Waals surface area (Å²) in [6.07, 6.45) is 2.15. The van der Waals surface area contributed by atoms with Crippen molar-refractivity contribution in [2.75, 3.05) is 32.0 Å². The van der Waals surface area contributed by atoms with E-state index in [1.165, 1.54) is 0 Å². The van der Waals surface area contributed by atoms with E-state index in [0.717, 1.165) is 32.5 Å². The SMILES string of the molecule is CNCC1CCCN(C(=O)C(C)NC(=O)Nc2ccccc2)C1. The van der Waals surface area contributed by atoms with Gasteiger partial charge in [0.25, 0.3) is 0 Å². The number of anilines is 1. The molecule has 0 saturated carbocycles. The number of carbonyl (C=O) groups excluding carboxylic acids is 2. The van der Waals surface area contributed by atoms with Crippen molar-refractivity contribution in [3.63, 3.8) is 0 Å². The topological polar surface area (TPSA) is 73.5 Å². The number of piperidine rings is 1. The third kappa shape index (κ3) is 5.25. The Morgan fingerprint density at radius 2 is 2.04 bits per heavy atom. The summed E-state index contributed by atoms with van der Waals surface area (Å²) in [5.74, 6) is 0.470. The predicted octanol–water partition coefficient (Wildman–Crippen LogP) is 1.65. The van der Waals surface area contributed by atoms with Crippen LogP contribution in [0.5, 0.6) is 0 Å². The van der Waals surface area contributed by atoms with Gasteiger partial charge in [-0.3, -0.25) is 4.79 Å². The van der Waals surface area contributed by atoms with Crippen LogP contribution in [0.15, 0.2) is 30.3 Å². The van der Waals surface area contributed by atoms with E-state index in [2.05, 4.69) is 16.0 Å². The van der Waals surface area contributed by atoms with Crippen molar-refractivity contribution in [3.8, 4) is 0 Å². The molecule has 2 atom stereocenters. The van der Waals surface area contributed by atoms with E-state index in [-0.39, 0.29) is 11.9 Å². The first-order valence-corrected chi connectivity index (χ1v) is 8.16. The van der Waals surface area contributed by atoms with Crippen molar-refractivity contribution in [3.05, 3.63) is 30.3 Å². The summed E-state index contributed by atoms with van der Waals surface area (Å²) < 4.78 is 0. The molecule has 3 N–H and O–H groups in total. The molecule has 2 rings (SSSR count). The molecular formula is C17H26N4O2. The number of rotatable bonds is 5. The minimum absolute atomic E-state index is 0.0194. The number of carbonyl (C=O) groups is 2. The Morgan fingerprint density at radius 1 is 1.30 bits per heavy atom. The second-order valence-electron chi connectivity index (χ2n) is 6.04. The van der Waals surface area contributed by atoms with Gasteiger partial charge in [0.2, 0.25) is 5.91 Å². The molecule has 1 aromatic rings. The van der Waals surface area contributed by atoms with E-state index >= 15 is 0 Å². The Hall–Kier alpha value is -2.08. The number of amides is 3. The molecule has 6 nitrogen and oxygen atoms in total. The normalized spacial score (nSPS) is 19.0. The highest BCUT2D eigenvalue weighted by molar-refractivity contribution is 5.93. The fraction of sp³-hybridized carbons (Fsp3) is 0.529. The molecule has 0 spiro atoms. The molecule has 1 aliphatic heterocycles. The van der Waals surface area contributed by atoms with Gasteiger partial charge < -0.3 is 20.9 Å². The van der Waals surface area contributed by atoms with Crippen LogP contribution in [0.1, 0.15) is 19.8 Å². The zero-order valence-corrected chi connectivity index (χ0v) is 13.8. The maximum atomic E-state index is 12.5. The number of benzene rings is 1. The van der Waals surface area contributed by atoms with Crippen LogP contribution in [-0.2, 0) is 4.79 Å². The minimum Gasteiger partial charge on any atom is -0.341 e. The van der Waals surface area contributed by atoms with Crippen LogP contribution in [0, 0.1) is 5.92 Å². The van der Waals surface area contributed by atoms with E-state index in [4.69, 9.17) is 0 Å². The second kappa shape index (κ2) is 8.53. The van der Waals surface area contributed by atoms with Crippen molar-refractivity contribution in [2.45, 2.75) is 25.8 Å². The molecule has 6 heteroatoms. The molecule has 3 amide bonds. The number of nitrogens with one attached hydrogen (secondary N) is 3. The molecular weight excluding hydrogens is 292 g/mol. The number of nitrogens with zero attached hydrogens (tertiary/aromatic N) is 1. The predicted molar refractivity (Wildman–Crippen MR) is 91.3 cm³/mol. The van der Waals surface area contributed by atoms with Gasteiger partial charge in [0.15, 0.2) is 0 Å². The monoisotopic (exact) mass is 318 g/mol. The van der Waals surface area contributed by atoms with E-state index in [1.54, 1.807) is 19.1 Å². The summed E-state index contributed by atoms with van der Waals surface area (Å²) >= 11 is 0. The lowest BCUT2D eigenvalue weighted by molar-refractivity contribution is -0.134. The number of likely N-dealkylation sites (tertiary alicyclic amines) is 1. The summed E-state index contributed by atoms with van der Waals surface area (Å²) in [7, 11) is 1.93. The molecule has 23 heavy (non-hydrogen) atoms. The van der Waals surface area contributed by atoms with Crippen molar-refractivity contribution >= 4 is 17.6 Å². The molecule has 2 unspecified atom stereocenters. The molecule has 0 bridgehead atoms. The number of para-hydroxylation sites is 1. The van der Waals surface area contributed by atoms with Crippen molar-refractivity contribution < 1.29 is 9.59 Å². The molecule has 1 saturated heterocycles. The average molecular weight is 318 g/mol. The first kappa shape index (κ1) is 17.3. The quantitative estimate of drug-likeness (QED) is 0.773. The highest BCUT2D eigenvalue weighted by atomic mass is 16.2. The van der Waals surface area contributed by atoms with Crippen molar-refractivity contribution in [2.24, 2.45) is 5.92 Å². The lowest BCUT2D eigenvalue weighted by Crippen LogP contribution is -2.51. The lowest BCUT2D eigenvalue weighted by atomic mass is 9.97. The Kier molecular flexibility index (Phi) is 6.40. The van der Waals surface area contributed by atoms with E-state index < -0.39 is 6.04 Å². The van der Waals surface area contributed by atoms with Gasteiger partial charge in [0, 0.05) is 18.8 Å². The van der Waals surface area contributed by atoms with Crippen LogP contribution >= 0.6 is 0 Å². The maximum Gasteiger partial charge on any atom is 0.319 e. The van der Waals surface area contributed by atoms with Gasteiger partial charge in [0.05, 0.1) is 0 Å². The van der Waals surface area contributed by atoms with E-state index in [0.29, 0.717) is 11.6 Å². The second-order valence-corrected chi connectivity index (χ2v) is 6.04. The van der Waals surface area contributed by atoms with E-state index in [9.17, 15) is 9.59 Å². The third-order valence-electron chi connectivity index (χ3n) is 4.07. The standard InChI is InChI=1S/C17H26N4O2/c1-13(19-17(23)20-15-8-4-3-5-9-15)16(22)21-10-6-7-14(12-21)11-18-2/h3-5,8-9,13-14,18H,6-7,10-12H2,1-2H3,(H2,19,20,23). The van der Waals surface area contributed by atoms with Gasteiger partial charge in [0.1, 0.15) is 6.04 Å². The van der Waals surface area contributed by atoms with Gasteiger partial charge >= 0.3 is 6.03 Å². The molecule has 1 heterocycles. The molecule has 1 aromatic carbocycles. The molecule has 0 radical (unpaired) electrons. The summed E-state index contributed by atoms with van der Waals surface area (Å²) in [5, 5.41) is 8.61. The zero-order valence-electron chi connectivity index (χ0n) is 13.8. The van der Waals surface area contributed by atoms with Gasteiger partial charge in [-0.05, 0) is 51.4 Å². The van der Waals surface area contributed by atoms with Crippen LogP contribution in [0.2, 0.25) is 0 Å². The Balaban J connectivity index is 1.83. The Labute approximate surface area is 137 Å². The fourth-order valence-electron chi connectivity index (χ4n) is 2.94. The van der Waals surface area contributed by atoms with Gasteiger partial charge in [-0.2, -0.15) is 0 Å². The number of hydrogen-bond donors (Lipinski definition) is 3. The van der Waals surface area contributed by atoms with Crippen LogP contribution in [0.4, 0.5) is 10.5 Å². The molecule has 1 fully saturated rings. The molecule has 0 aliphatic carbocycles. The summed E-state index contributed by atoms with van der Waals surface area (Å²) in [5.41, 5.74) is 0.705. The highest BCUT2D eigenvalue weighted by Gasteiger charge is 2.27. The van der Waals surface area contributed by atoms with Crippen LogP contribution < -0.4 is 16.0 Å². The number of urea groups is 1. The Bertz CT molecular complexity index is 519. The van der Waals surface area contributed by atoms with E-state index in [1.807, 2.05) is 30.1 Å². The largest absolute Gasteiger partial charge is 0.341 e. The zero-order chi connectivity index (χ0) is 16.7. The van der Waals surface area contributed by atoms with Gasteiger partial charge in [-0.15, -0.1) is 0 Å². The highest BCUT2D eigenvalue weighted by Crippen LogP contribution is 2.16.